The van der Waals surface area contributed by atoms with Crippen molar-refractivity contribution in [3.05, 3.63) is 18.0 Å². The minimum absolute atomic E-state index is 0.00245. The average molecular weight is 259 g/mol. The maximum Gasteiger partial charge on any atom is 0.244 e. The van der Waals surface area contributed by atoms with E-state index < -0.39 is 10.0 Å². The second-order valence-electron chi connectivity index (χ2n) is 4.17. The van der Waals surface area contributed by atoms with Gasteiger partial charge in [-0.05, 0) is 26.5 Å². The molecular formula is C11H21N3O2S. The Morgan fingerprint density at radius 1 is 1.53 bits per heavy atom. The normalized spacial score (nSPS) is 14.2. The Bertz CT molecular complexity index is 453. The Labute approximate surface area is 103 Å². The van der Waals surface area contributed by atoms with Crippen molar-refractivity contribution in [2.75, 3.05) is 14.1 Å². The molecule has 1 aromatic rings. The van der Waals surface area contributed by atoms with Gasteiger partial charge in [-0.1, -0.05) is 6.92 Å². The number of H-pyrrole nitrogens is 1. The fourth-order valence-electron chi connectivity index (χ4n) is 1.52. The molecule has 0 saturated carbocycles. The van der Waals surface area contributed by atoms with Crippen molar-refractivity contribution in [3.8, 4) is 0 Å². The lowest BCUT2D eigenvalue weighted by atomic mass is 10.3. The molecule has 0 spiro atoms. The lowest BCUT2D eigenvalue weighted by Crippen LogP contribution is -2.34. The standard InChI is InChI=1S/C11H21N3O2S/c1-5-9(2)14(4)17(15,16)11-6-10(7-12-3)13-8-11/h6,8-9,12-13H,5,7H2,1-4H3. The molecule has 2 N–H and O–H groups in total. The van der Waals surface area contributed by atoms with Gasteiger partial charge in [0.1, 0.15) is 0 Å². The van der Waals surface area contributed by atoms with Crippen LogP contribution >= 0.6 is 0 Å². The monoisotopic (exact) mass is 259 g/mol. The molecule has 1 aromatic heterocycles. The number of aromatic amines is 1. The van der Waals surface area contributed by atoms with Crippen LogP contribution in [0.5, 0.6) is 0 Å². The first-order valence-electron chi connectivity index (χ1n) is 5.73. The molecule has 0 saturated heterocycles. The zero-order chi connectivity index (χ0) is 13.1. The van der Waals surface area contributed by atoms with Crippen LogP contribution in [0.15, 0.2) is 17.2 Å². The number of nitrogens with one attached hydrogen (secondary N) is 2. The molecule has 1 unspecified atom stereocenters. The lowest BCUT2D eigenvalue weighted by molar-refractivity contribution is 0.380. The van der Waals surface area contributed by atoms with Crippen LogP contribution in [-0.4, -0.2) is 37.8 Å². The van der Waals surface area contributed by atoms with Crippen molar-refractivity contribution >= 4 is 10.0 Å². The van der Waals surface area contributed by atoms with Crippen molar-refractivity contribution < 1.29 is 8.42 Å². The molecule has 0 aliphatic rings. The summed E-state index contributed by atoms with van der Waals surface area (Å²) >= 11 is 0. The molecule has 1 rings (SSSR count). The molecule has 98 valence electrons. The van der Waals surface area contributed by atoms with Crippen molar-refractivity contribution in [2.24, 2.45) is 0 Å². The number of sulfonamides is 1. The maximum atomic E-state index is 12.2. The van der Waals surface area contributed by atoms with Crippen molar-refractivity contribution in [2.45, 2.75) is 37.8 Å². The summed E-state index contributed by atoms with van der Waals surface area (Å²) in [5.74, 6) is 0. The Morgan fingerprint density at radius 3 is 2.71 bits per heavy atom. The number of hydrogen-bond acceptors (Lipinski definition) is 3. The average Bonchev–Trinajstić information content (AvgIpc) is 2.76. The highest BCUT2D eigenvalue weighted by molar-refractivity contribution is 7.89. The van der Waals surface area contributed by atoms with Crippen LogP contribution in [0.3, 0.4) is 0 Å². The van der Waals surface area contributed by atoms with Crippen LogP contribution in [-0.2, 0) is 16.6 Å². The van der Waals surface area contributed by atoms with Gasteiger partial charge in [0.05, 0.1) is 4.90 Å². The van der Waals surface area contributed by atoms with Gasteiger partial charge in [-0.25, -0.2) is 8.42 Å². The third-order valence-corrected chi connectivity index (χ3v) is 4.92. The highest BCUT2D eigenvalue weighted by Crippen LogP contribution is 2.18. The van der Waals surface area contributed by atoms with Crippen LogP contribution in [0.2, 0.25) is 0 Å². The third-order valence-electron chi connectivity index (χ3n) is 2.97. The van der Waals surface area contributed by atoms with Gasteiger partial charge in [0.25, 0.3) is 0 Å². The molecule has 5 nitrogen and oxygen atoms in total. The lowest BCUT2D eigenvalue weighted by Gasteiger charge is -2.22. The van der Waals surface area contributed by atoms with E-state index in [4.69, 9.17) is 0 Å². The summed E-state index contributed by atoms with van der Waals surface area (Å²) in [6.07, 6.45) is 2.34. The Morgan fingerprint density at radius 2 is 2.18 bits per heavy atom. The number of hydrogen-bond donors (Lipinski definition) is 2. The van der Waals surface area contributed by atoms with Gasteiger partial charge >= 0.3 is 0 Å². The van der Waals surface area contributed by atoms with E-state index in [-0.39, 0.29) is 6.04 Å². The predicted molar refractivity (Wildman–Crippen MR) is 68.3 cm³/mol. The zero-order valence-electron chi connectivity index (χ0n) is 10.8. The molecule has 1 heterocycles. The second kappa shape index (κ2) is 5.66. The van der Waals surface area contributed by atoms with E-state index in [2.05, 4.69) is 10.3 Å². The molecule has 17 heavy (non-hydrogen) atoms. The predicted octanol–water partition coefficient (Wildman–Crippen LogP) is 1.15. The molecule has 0 amide bonds. The van der Waals surface area contributed by atoms with E-state index in [1.807, 2.05) is 20.9 Å². The molecule has 0 aliphatic heterocycles. The SMILES string of the molecule is CCC(C)N(C)S(=O)(=O)c1c[nH]c(CNC)c1. The second-order valence-corrected chi connectivity index (χ2v) is 6.17. The van der Waals surface area contributed by atoms with Gasteiger partial charge in [-0.2, -0.15) is 4.31 Å². The summed E-state index contributed by atoms with van der Waals surface area (Å²) in [5, 5.41) is 2.97. The van der Waals surface area contributed by atoms with Gasteiger partial charge in [0.15, 0.2) is 0 Å². The van der Waals surface area contributed by atoms with E-state index in [9.17, 15) is 8.42 Å². The first-order valence-corrected chi connectivity index (χ1v) is 7.17. The first-order chi connectivity index (χ1) is 7.93. The highest BCUT2D eigenvalue weighted by Gasteiger charge is 2.25. The Hall–Kier alpha value is -0.850. The zero-order valence-corrected chi connectivity index (χ0v) is 11.6. The fourth-order valence-corrected chi connectivity index (χ4v) is 2.98. The quantitative estimate of drug-likeness (QED) is 0.805. The summed E-state index contributed by atoms with van der Waals surface area (Å²) in [4.78, 5) is 3.28. The molecule has 0 bridgehead atoms. The minimum Gasteiger partial charge on any atom is -0.363 e. The molecule has 1 atom stereocenters. The van der Waals surface area contributed by atoms with E-state index in [1.165, 1.54) is 4.31 Å². The van der Waals surface area contributed by atoms with Crippen molar-refractivity contribution in [1.29, 1.82) is 0 Å². The molecular weight excluding hydrogens is 238 g/mol. The number of rotatable bonds is 6. The summed E-state index contributed by atoms with van der Waals surface area (Å²) in [7, 11) is 0.0655. The van der Waals surface area contributed by atoms with Gasteiger partial charge in [0, 0.05) is 31.5 Å². The van der Waals surface area contributed by atoms with Gasteiger partial charge in [-0.15, -0.1) is 0 Å². The van der Waals surface area contributed by atoms with E-state index in [1.54, 1.807) is 19.3 Å². The highest BCUT2D eigenvalue weighted by atomic mass is 32.2. The van der Waals surface area contributed by atoms with E-state index in [0.717, 1.165) is 12.1 Å². The van der Waals surface area contributed by atoms with Crippen LogP contribution in [0.1, 0.15) is 26.0 Å². The van der Waals surface area contributed by atoms with Crippen LogP contribution < -0.4 is 5.32 Å². The largest absolute Gasteiger partial charge is 0.363 e. The number of nitrogens with zero attached hydrogens (tertiary/aromatic N) is 1. The Kier molecular flexibility index (Phi) is 4.73. The van der Waals surface area contributed by atoms with Gasteiger partial charge < -0.3 is 10.3 Å². The molecule has 0 aromatic carbocycles. The fraction of sp³-hybridized carbons (Fsp3) is 0.636. The Balaban J connectivity index is 2.96. The van der Waals surface area contributed by atoms with Crippen LogP contribution in [0.4, 0.5) is 0 Å². The summed E-state index contributed by atoms with van der Waals surface area (Å²) < 4.78 is 25.9. The van der Waals surface area contributed by atoms with E-state index >= 15 is 0 Å². The van der Waals surface area contributed by atoms with Crippen LogP contribution in [0.25, 0.3) is 0 Å². The van der Waals surface area contributed by atoms with E-state index in [0.29, 0.717) is 11.4 Å². The van der Waals surface area contributed by atoms with Gasteiger partial charge in [0.2, 0.25) is 10.0 Å². The summed E-state index contributed by atoms with van der Waals surface area (Å²) in [5.41, 5.74) is 0.864. The summed E-state index contributed by atoms with van der Waals surface area (Å²) in [6, 6.07) is 1.67. The topological polar surface area (TPSA) is 65.2 Å². The van der Waals surface area contributed by atoms with Crippen molar-refractivity contribution in [3.63, 3.8) is 0 Å². The van der Waals surface area contributed by atoms with Crippen molar-refractivity contribution in [1.82, 2.24) is 14.6 Å². The summed E-state index contributed by atoms with van der Waals surface area (Å²) in [6.45, 7) is 4.50. The van der Waals surface area contributed by atoms with Crippen LogP contribution in [0, 0.1) is 0 Å². The maximum absolute atomic E-state index is 12.2. The number of aromatic nitrogens is 1. The molecule has 0 fully saturated rings. The first kappa shape index (κ1) is 14.2. The molecule has 0 aliphatic carbocycles. The molecule has 0 radical (unpaired) electrons. The van der Waals surface area contributed by atoms with Gasteiger partial charge in [-0.3, -0.25) is 0 Å². The minimum atomic E-state index is -3.37. The smallest absolute Gasteiger partial charge is 0.244 e. The third kappa shape index (κ3) is 3.08. The molecule has 6 heteroatoms.